The fraction of sp³-hybridized carbons (Fsp3) is 0.111. The number of nitrogens with one attached hydrogen (secondary N) is 2. The molecule has 0 bridgehead atoms. The minimum Gasteiger partial charge on any atom is -0.334 e. The number of aromatic nitrogens is 1. The highest BCUT2D eigenvalue weighted by atomic mass is 16.2. The van der Waals surface area contributed by atoms with Gasteiger partial charge in [-0.2, -0.15) is 0 Å². The van der Waals surface area contributed by atoms with Crippen molar-refractivity contribution in [3.63, 3.8) is 0 Å². The largest absolute Gasteiger partial charge is 0.334 e. The summed E-state index contributed by atoms with van der Waals surface area (Å²) >= 11 is 0. The molecule has 0 unspecified atom stereocenters. The molecule has 1 heterocycles. The van der Waals surface area contributed by atoms with Gasteiger partial charge in [-0.25, -0.2) is 4.79 Å². The van der Waals surface area contributed by atoms with Crippen LogP contribution in [-0.4, -0.2) is 11.0 Å². The maximum Gasteiger partial charge on any atom is 0.319 e. The van der Waals surface area contributed by atoms with Gasteiger partial charge in [0.15, 0.2) is 0 Å². The number of amides is 2. The van der Waals surface area contributed by atoms with Crippen LogP contribution in [0, 0.1) is 6.92 Å². The topological polar surface area (TPSA) is 54.0 Å². The molecule has 2 aromatic carbocycles. The van der Waals surface area contributed by atoms with Crippen molar-refractivity contribution >= 4 is 22.6 Å². The molecule has 2 amide bonds. The maximum atomic E-state index is 11.9. The van der Waals surface area contributed by atoms with Crippen molar-refractivity contribution in [2.45, 2.75) is 13.5 Å². The van der Waals surface area contributed by atoms with Gasteiger partial charge in [0.25, 0.3) is 0 Å². The minimum atomic E-state index is -0.211. The molecule has 3 rings (SSSR count). The highest BCUT2D eigenvalue weighted by Crippen LogP contribution is 2.13. The summed E-state index contributed by atoms with van der Waals surface area (Å²) < 4.78 is 0. The van der Waals surface area contributed by atoms with Crippen molar-refractivity contribution in [3.05, 3.63) is 71.9 Å². The van der Waals surface area contributed by atoms with E-state index in [1.807, 2.05) is 61.5 Å². The van der Waals surface area contributed by atoms with E-state index in [0.717, 1.165) is 27.7 Å². The lowest BCUT2D eigenvalue weighted by atomic mass is 10.1. The number of benzene rings is 2. The predicted octanol–water partition coefficient (Wildman–Crippen LogP) is 3.86. The van der Waals surface area contributed by atoms with E-state index in [0.29, 0.717) is 6.54 Å². The Kier molecular flexibility index (Phi) is 4.01. The van der Waals surface area contributed by atoms with Crippen LogP contribution in [0.15, 0.2) is 60.8 Å². The van der Waals surface area contributed by atoms with E-state index in [1.54, 1.807) is 6.20 Å². The van der Waals surface area contributed by atoms with Crippen molar-refractivity contribution in [2.75, 3.05) is 5.32 Å². The molecule has 4 nitrogen and oxygen atoms in total. The Morgan fingerprint density at radius 3 is 2.86 bits per heavy atom. The molecule has 0 atom stereocenters. The number of aryl methyl sites for hydroxylation is 1. The summed E-state index contributed by atoms with van der Waals surface area (Å²) in [6.45, 7) is 2.47. The Hall–Kier alpha value is -2.88. The third-order valence-electron chi connectivity index (χ3n) is 3.40. The molecule has 2 N–H and O–H groups in total. The number of pyridine rings is 1. The number of rotatable bonds is 3. The van der Waals surface area contributed by atoms with Crippen LogP contribution in [0.5, 0.6) is 0 Å². The van der Waals surface area contributed by atoms with Gasteiger partial charge in [-0.1, -0.05) is 24.3 Å². The van der Waals surface area contributed by atoms with Crippen LogP contribution in [-0.2, 0) is 6.54 Å². The van der Waals surface area contributed by atoms with Gasteiger partial charge in [-0.05, 0) is 48.4 Å². The molecule has 22 heavy (non-hydrogen) atoms. The van der Waals surface area contributed by atoms with Crippen LogP contribution in [0.1, 0.15) is 11.1 Å². The maximum absolute atomic E-state index is 11.9. The van der Waals surface area contributed by atoms with E-state index in [1.165, 1.54) is 0 Å². The summed E-state index contributed by atoms with van der Waals surface area (Å²) in [5.74, 6) is 0. The number of nitrogens with zero attached hydrogens (tertiary/aromatic N) is 1. The molecule has 4 heteroatoms. The van der Waals surface area contributed by atoms with Crippen molar-refractivity contribution in [3.8, 4) is 0 Å². The zero-order valence-corrected chi connectivity index (χ0v) is 12.3. The first-order valence-electron chi connectivity index (χ1n) is 7.16. The number of carbonyl (C=O) groups is 1. The molecular formula is C18H17N3O. The molecule has 0 saturated heterocycles. The van der Waals surface area contributed by atoms with Gasteiger partial charge >= 0.3 is 6.03 Å². The van der Waals surface area contributed by atoms with Gasteiger partial charge in [-0.3, -0.25) is 4.98 Å². The van der Waals surface area contributed by atoms with Crippen molar-refractivity contribution in [2.24, 2.45) is 0 Å². The smallest absolute Gasteiger partial charge is 0.319 e. The first-order chi connectivity index (χ1) is 10.7. The second kappa shape index (κ2) is 6.26. The number of anilines is 1. The summed E-state index contributed by atoms with van der Waals surface area (Å²) in [6.07, 6.45) is 1.77. The SMILES string of the molecule is Cc1cccc(NC(=O)NCc2ccc3ncccc3c2)c1. The van der Waals surface area contributed by atoms with E-state index in [2.05, 4.69) is 15.6 Å². The summed E-state index contributed by atoms with van der Waals surface area (Å²) in [4.78, 5) is 16.2. The molecule has 110 valence electrons. The molecule has 0 fully saturated rings. The van der Waals surface area contributed by atoms with Crippen LogP contribution < -0.4 is 10.6 Å². The van der Waals surface area contributed by atoms with Gasteiger partial charge in [0, 0.05) is 23.8 Å². The molecule has 1 aromatic heterocycles. The van der Waals surface area contributed by atoms with Crippen molar-refractivity contribution in [1.29, 1.82) is 0 Å². The lowest BCUT2D eigenvalue weighted by Gasteiger charge is -2.09. The van der Waals surface area contributed by atoms with Gasteiger partial charge in [0.1, 0.15) is 0 Å². The van der Waals surface area contributed by atoms with Crippen molar-refractivity contribution < 1.29 is 4.79 Å². The second-order valence-corrected chi connectivity index (χ2v) is 5.21. The van der Waals surface area contributed by atoms with Crippen LogP contribution in [0.2, 0.25) is 0 Å². The van der Waals surface area contributed by atoms with Crippen LogP contribution in [0.4, 0.5) is 10.5 Å². The molecule has 0 spiro atoms. The van der Waals surface area contributed by atoms with E-state index >= 15 is 0 Å². The molecule has 0 aliphatic carbocycles. The number of fused-ring (bicyclic) bond motifs is 1. The molecule has 0 aliphatic heterocycles. The Morgan fingerprint density at radius 1 is 1.09 bits per heavy atom. The predicted molar refractivity (Wildman–Crippen MR) is 88.8 cm³/mol. The highest BCUT2D eigenvalue weighted by molar-refractivity contribution is 5.89. The molecule has 0 aliphatic rings. The third-order valence-corrected chi connectivity index (χ3v) is 3.40. The number of hydrogen-bond acceptors (Lipinski definition) is 2. The first-order valence-corrected chi connectivity index (χ1v) is 7.16. The Morgan fingerprint density at radius 2 is 2.00 bits per heavy atom. The van der Waals surface area contributed by atoms with Crippen LogP contribution >= 0.6 is 0 Å². The van der Waals surface area contributed by atoms with E-state index in [9.17, 15) is 4.79 Å². The van der Waals surface area contributed by atoms with Crippen LogP contribution in [0.25, 0.3) is 10.9 Å². The quantitative estimate of drug-likeness (QED) is 0.769. The second-order valence-electron chi connectivity index (χ2n) is 5.21. The number of hydrogen-bond donors (Lipinski definition) is 2. The van der Waals surface area contributed by atoms with Gasteiger partial charge in [-0.15, -0.1) is 0 Å². The first kappa shape index (κ1) is 14.1. The molecule has 3 aromatic rings. The summed E-state index contributed by atoms with van der Waals surface area (Å²) in [7, 11) is 0. The third kappa shape index (κ3) is 3.41. The Labute approximate surface area is 129 Å². The lowest BCUT2D eigenvalue weighted by Crippen LogP contribution is -2.28. The van der Waals surface area contributed by atoms with E-state index < -0.39 is 0 Å². The number of carbonyl (C=O) groups excluding carboxylic acids is 1. The van der Waals surface area contributed by atoms with Gasteiger partial charge in [0.2, 0.25) is 0 Å². The fourth-order valence-electron chi connectivity index (χ4n) is 2.32. The highest BCUT2D eigenvalue weighted by Gasteiger charge is 2.03. The zero-order valence-electron chi connectivity index (χ0n) is 12.3. The molecule has 0 radical (unpaired) electrons. The van der Waals surface area contributed by atoms with E-state index in [-0.39, 0.29) is 6.03 Å². The standard InChI is InChI=1S/C18H17N3O/c1-13-4-2-6-16(10-13)21-18(22)20-12-14-7-8-17-15(11-14)5-3-9-19-17/h2-11H,12H2,1H3,(H2,20,21,22). The number of urea groups is 1. The molecular weight excluding hydrogens is 274 g/mol. The molecule has 0 saturated carbocycles. The van der Waals surface area contributed by atoms with Crippen LogP contribution in [0.3, 0.4) is 0 Å². The van der Waals surface area contributed by atoms with E-state index in [4.69, 9.17) is 0 Å². The average Bonchev–Trinajstić information content (AvgIpc) is 2.53. The summed E-state index contributed by atoms with van der Waals surface area (Å²) in [5, 5.41) is 6.76. The average molecular weight is 291 g/mol. The Bertz CT molecular complexity index is 814. The summed E-state index contributed by atoms with van der Waals surface area (Å²) in [5.41, 5.74) is 3.90. The zero-order chi connectivity index (χ0) is 15.4. The Balaban J connectivity index is 1.62. The summed E-state index contributed by atoms with van der Waals surface area (Å²) in [6, 6.07) is 17.4. The normalized spacial score (nSPS) is 10.4. The minimum absolute atomic E-state index is 0.211. The lowest BCUT2D eigenvalue weighted by molar-refractivity contribution is 0.251. The van der Waals surface area contributed by atoms with Gasteiger partial charge < -0.3 is 10.6 Å². The van der Waals surface area contributed by atoms with Gasteiger partial charge in [0.05, 0.1) is 5.52 Å². The monoisotopic (exact) mass is 291 g/mol. The fourth-order valence-corrected chi connectivity index (χ4v) is 2.32. The van der Waals surface area contributed by atoms with Crippen molar-refractivity contribution in [1.82, 2.24) is 10.3 Å².